The van der Waals surface area contributed by atoms with E-state index in [1.165, 1.54) is 5.01 Å². The summed E-state index contributed by atoms with van der Waals surface area (Å²) in [6.45, 7) is 3.24. The van der Waals surface area contributed by atoms with Crippen molar-refractivity contribution in [3.05, 3.63) is 0 Å². The normalized spacial score (nSPS) is 23.7. The fraction of sp³-hybridized carbons (Fsp3) is 0.667. The number of nitrogens with zero attached hydrogens (tertiary/aromatic N) is 2. The highest BCUT2D eigenvalue weighted by molar-refractivity contribution is 6.35. The van der Waals surface area contributed by atoms with Gasteiger partial charge in [0, 0.05) is 0 Å². The predicted octanol–water partition coefficient (Wildman–Crippen LogP) is -2.28. The van der Waals surface area contributed by atoms with E-state index in [-0.39, 0.29) is 5.91 Å². The first-order valence-electron chi connectivity index (χ1n) is 3.71. The van der Waals surface area contributed by atoms with E-state index < -0.39 is 0 Å². The third kappa shape index (κ3) is 0.883. The second kappa shape index (κ2) is 2.20. The molecule has 1 amide bonds. The van der Waals surface area contributed by atoms with Gasteiger partial charge in [-0.3, -0.25) is 4.79 Å². The van der Waals surface area contributed by atoms with Crippen LogP contribution < -0.4 is 11.2 Å². The number of amides is 1. The van der Waals surface area contributed by atoms with Gasteiger partial charge in [-0.05, 0) is 0 Å². The summed E-state index contributed by atoms with van der Waals surface area (Å²) in [6, 6.07) is 0. The fourth-order valence-electron chi connectivity index (χ4n) is 1.50. The Labute approximate surface area is 64.4 Å². The molecule has 2 aliphatic heterocycles. The molecular formula is C6H11N4O+. The van der Waals surface area contributed by atoms with Crippen LogP contribution in [0, 0.1) is 0 Å². The summed E-state index contributed by atoms with van der Waals surface area (Å²) in [5, 5.41) is 4.25. The smallest absolute Gasteiger partial charge is 0.342 e. The van der Waals surface area contributed by atoms with Gasteiger partial charge in [0.1, 0.15) is 19.6 Å². The quantitative estimate of drug-likeness (QED) is 0.306. The van der Waals surface area contributed by atoms with E-state index in [2.05, 4.69) is 5.32 Å². The van der Waals surface area contributed by atoms with E-state index in [1.54, 1.807) is 0 Å². The van der Waals surface area contributed by atoms with Gasteiger partial charge in [0.15, 0.2) is 0 Å². The van der Waals surface area contributed by atoms with E-state index in [0.717, 1.165) is 26.2 Å². The molecule has 0 bridgehead atoms. The number of carbonyl (C=O) groups excluding carboxylic acids is 1. The van der Waals surface area contributed by atoms with Gasteiger partial charge in [-0.25, -0.2) is 4.58 Å². The molecule has 2 heterocycles. The lowest BCUT2D eigenvalue weighted by molar-refractivity contribution is -0.517. The van der Waals surface area contributed by atoms with Crippen molar-refractivity contribution >= 4 is 11.7 Å². The number of hydrogen-bond acceptors (Lipinski definition) is 3. The van der Waals surface area contributed by atoms with Gasteiger partial charge >= 0.3 is 11.7 Å². The minimum atomic E-state index is -0.0451. The van der Waals surface area contributed by atoms with Crippen LogP contribution in [0.4, 0.5) is 0 Å². The van der Waals surface area contributed by atoms with Crippen LogP contribution in [0.25, 0.3) is 0 Å². The van der Waals surface area contributed by atoms with Crippen LogP contribution in [-0.4, -0.2) is 47.5 Å². The van der Waals surface area contributed by atoms with Gasteiger partial charge in [-0.15, -0.1) is 0 Å². The lowest BCUT2D eigenvalue weighted by Crippen LogP contribution is -2.51. The van der Waals surface area contributed by atoms with Crippen LogP contribution in [0.1, 0.15) is 0 Å². The Morgan fingerprint density at radius 1 is 1.55 bits per heavy atom. The van der Waals surface area contributed by atoms with Gasteiger partial charge in [-0.1, -0.05) is 0 Å². The van der Waals surface area contributed by atoms with E-state index in [1.807, 2.05) is 4.58 Å². The molecule has 0 aromatic heterocycles. The number of hydrogen-bond donors (Lipinski definition) is 2. The summed E-state index contributed by atoms with van der Waals surface area (Å²) < 4.78 is 2.01. The molecule has 3 N–H and O–H groups in total. The number of nitrogens with one attached hydrogen (secondary N) is 1. The zero-order chi connectivity index (χ0) is 7.84. The highest BCUT2D eigenvalue weighted by Gasteiger charge is 2.36. The largest absolute Gasteiger partial charge is 0.356 e. The molecule has 0 spiro atoms. The van der Waals surface area contributed by atoms with E-state index >= 15 is 0 Å². The van der Waals surface area contributed by atoms with Gasteiger partial charge in [0.2, 0.25) is 0 Å². The standard InChI is InChI=1S/C6H10N4O/c7-10-4-3-9-2-1-8-5(11)6(9)10/h1-4H2,(H2-,7,8,11)/p+1. The molecular weight excluding hydrogens is 144 g/mol. The first kappa shape index (κ1) is 6.60. The maximum Gasteiger partial charge on any atom is 0.356 e. The molecule has 0 aliphatic carbocycles. The number of nitrogens with two attached hydrogens (primary N) is 1. The molecule has 5 heteroatoms. The molecule has 0 unspecified atom stereocenters. The summed E-state index contributed by atoms with van der Waals surface area (Å²) in [5.41, 5.74) is 0. The third-order valence-corrected chi connectivity index (χ3v) is 2.05. The minimum absolute atomic E-state index is 0.0451. The van der Waals surface area contributed by atoms with Crippen molar-refractivity contribution in [2.45, 2.75) is 0 Å². The highest BCUT2D eigenvalue weighted by Crippen LogP contribution is 1.99. The molecule has 2 rings (SSSR count). The van der Waals surface area contributed by atoms with Crippen molar-refractivity contribution in [3.63, 3.8) is 0 Å². The third-order valence-electron chi connectivity index (χ3n) is 2.05. The maximum atomic E-state index is 11.2. The Morgan fingerprint density at radius 3 is 3.09 bits per heavy atom. The molecule has 0 radical (unpaired) electrons. The summed E-state index contributed by atoms with van der Waals surface area (Å²) in [4.78, 5) is 11.2. The van der Waals surface area contributed by atoms with Crippen LogP contribution in [0.2, 0.25) is 0 Å². The monoisotopic (exact) mass is 155 g/mol. The Bertz CT molecular complexity index is 235. The summed E-state index contributed by atoms with van der Waals surface area (Å²) in [6.07, 6.45) is 0. The molecule has 11 heavy (non-hydrogen) atoms. The van der Waals surface area contributed by atoms with E-state index in [4.69, 9.17) is 5.84 Å². The first-order valence-corrected chi connectivity index (χ1v) is 3.71. The average molecular weight is 155 g/mol. The zero-order valence-corrected chi connectivity index (χ0v) is 6.21. The molecule has 2 aliphatic rings. The van der Waals surface area contributed by atoms with Crippen LogP contribution in [0.5, 0.6) is 0 Å². The van der Waals surface area contributed by atoms with E-state index in [0.29, 0.717) is 5.84 Å². The van der Waals surface area contributed by atoms with Crippen molar-refractivity contribution in [1.29, 1.82) is 0 Å². The van der Waals surface area contributed by atoms with Crippen LogP contribution in [-0.2, 0) is 4.79 Å². The predicted molar refractivity (Wildman–Crippen MR) is 38.9 cm³/mol. The Hall–Kier alpha value is -1.10. The number of carbonyl (C=O) groups is 1. The van der Waals surface area contributed by atoms with Crippen molar-refractivity contribution < 1.29 is 9.37 Å². The molecule has 0 saturated heterocycles. The van der Waals surface area contributed by atoms with Gasteiger partial charge in [0.25, 0.3) is 0 Å². The molecule has 5 nitrogen and oxygen atoms in total. The van der Waals surface area contributed by atoms with Crippen LogP contribution >= 0.6 is 0 Å². The lowest BCUT2D eigenvalue weighted by atomic mass is 10.4. The van der Waals surface area contributed by atoms with Crippen molar-refractivity contribution in [2.75, 3.05) is 26.2 Å². The maximum absolute atomic E-state index is 11.2. The molecule has 60 valence electrons. The van der Waals surface area contributed by atoms with Gasteiger partial charge in [-0.2, -0.15) is 10.9 Å². The molecule has 0 atom stereocenters. The summed E-state index contributed by atoms with van der Waals surface area (Å²) >= 11 is 0. The summed E-state index contributed by atoms with van der Waals surface area (Å²) in [7, 11) is 0. The number of rotatable bonds is 0. The second-order valence-electron chi connectivity index (χ2n) is 2.76. The average Bonchev–Trinajstić information content (AvgIpc) is 2.34. The van der Waals surface area contributed by atoms with Gasteiger partial charge in [0.05, 0.1) is 6.54 Å². The summed E-state index contributed by atoms with van der Waals surface area (Å²) in [5.74, 6) is 6.15. The Balaban J connectivity index is 2.34. The Morgan fingerprint density at radius 2 is 2.36 bits per heavy atom. The van der Waals surface area contributed by atoms with Crippen LogP contribution in [0.3, 0.4) is 0 Å². The fourth-order valence-corrected chi connectivity index (χ4v) is 1.50. The van der Waals surface area contributed by atoms with E-state index in [9.17, 15) is 4.79 Å². The highest BCUT2D eigenvalue weighted by atomic mass is 16.2. The zero-order valence-electron chi connectivity index (χ0n) is 6.21. The Kier molecular flexibility index (Phi) is 1.32. The van der Waals surface area contributed by atoms with Crippen molar-refractivity contribution in [1.82, 2.24) is 10.3 Å². The molecule has 0 aromatic carbocycles. The first-order chi connectivity index (χ1) is 5.29. The van der Waals surface area contributed by atoms with Gasteiger partial charge < -0.3 is 5.32 Å². The number of hydrazine groups is 1. The second-order valence-corrected chi connectivity index (χ2v) is 2.76. The molecule has 0 fully saturated rings. The lowest BCUT2D eigenvalue weighted by Gasteiger charge is -2.12. The van der Waals surface area contributed by atoms with Crippen molar-refractivity contribution in [2.24, 2.45) is 5.84 Å². The topological polar surface area (TPSA) is 61.4 Å². The van der Waals surface area contributed by atoms with Crippen molar-refractivity contribution in [3.8, 4) is 0 Å². The minimum Gasteiger partial charge on any atom is -0.342 e. The van der Waals surface area contributed by atoms with Crippen LogP contribution in [0.15, 0.2) is 0 Å². The number of amidine groups is 1. The molecule has 0 aromatic rings. The molecule has 0 saturated carbocycles. The SMILES string of the molecule is NN1CC[N+]2=C1C(=O)NCC2.